The zero-order valence-electron chi connectivity index (χ0n) is 21.0. The van der Waals surface area contributed by atoms with Gasteiger partial charge in [0.25, 0.3) is 15.9 Å². The average Bonchev–Trinajstić information content (AvgIpc) is 2.95. The molecule has 0 aliphatic carbocycles. The lowest BCUT2D eigenvalue weighted by atomic mass is 10.0. The SMILES string of the molecule is Cc1ccc(S(=O)(=O)N(Cc2ccccc2)c2ccccc2C(=O)NCc2cccc3ccccc23)cc1. The molecule has 5 aromatic rings. The maximum absolute atomic E-state index is 13.9. The Hall–Kier alpha value is -4.42. The number of aryl methyl sites for hydroxylation is 1. The van der Waals surface area contributed by atoms with E-state index in [1.807, 2.05) is 79.7 Å². The molecule has 0 saturated carbocycles. The summed E-state index contributed by atoms with van der Waals surface area (Å²) in [5.41, 5.74) is 3.38. The standard InChI is InChI=1S/C32H28N2O3S/c1-24-18-20-28(21-19-24)38(36,37)34(23-25-10-3-2-4-11-25)31-17-8-7-16-30(31)32(35)33-22-27-14-9-13-26-12-5-6-15-29(26)27/h2-21H,22-23H2,1H3,(H,33,35). The maximum Gasteiger partial charge on any atom is 0.264 e. The molecule has 190 valence electrons. The highest BCUT2D eigenvalue weighted by Gasteiger charge is 2.28. The Kier molecular flexibility index (Phi) is 7.24. The minimum atomic E-state index is -3.97. The van der Waals surface area contributed by atoms with Crippen molar-refractivity contribution in [3.63, 3.8) is 0 Å². The lowest BCUT2D eigenvalue weighted by Gasteiger charge is -2.27. The number of amides is 1. The van der Waals surface area contributed by atoms with Crippen LogP contribution in [0.3, 0.4) is 0 Å². The first-order valence-electron chi connectivity index (χ1n) is 12.4. The summed E-state index contributed by atoms with van der Waals surface area (Å²) in [7, 11) is -3.97. The Bertz CT molecular complexity index is 1680. The molecule has 0 fully saturated rings. The lowest BCUT2D eigenvalue weighted by molar-refractivity contribution is 0.0951. The molecule has 0 atom stereocenters. The quantitative estimate of drug-likeness (QED) is 0.255. The van der Waals surface area contributed by atoms with Crippen LogP contribution in [0.1, 0.15) is 27.0 Å². The molecular formula is C32H28N2O3S. The number of hydrogen-bond donors (Lipinski definition) is 1. The third kappa shape index (κ3) is 5.31. The van der Waals surface area contributed by atoms with E-state index in [0.717, 1.165) is 27.5 Å². The lowest BCUT2D eigenvalue weighted by Crippen LogP contribution is -2.33. The molecule has 0 aliphatic rings. The van der Waals surface area contributed by atoms with Crippen molar-refractivity contribution in [2.75, 3.05) is 4.31 Å². The zero-order chi connectivity index (χ0) is 26.5. The van der Waals surface area contributed by atoms with Gasteiger partial charge in [0.2, 0.25) is 0 Å². The van der Waals surface area contributed by atoms with E-state index in [9.17, 15) is 13.2 Å². The van der Waals surface area contributed by atoms with E-state index in [1.54, 1.807) is 48.5 Å². The van der Waals surface area contributed by atoms with Crippen LogP contribution in [0.15, 0.2) is 126 Å². The van der Waals surface area contributed by atoms with Crippen molar-refractivity contribution in [3.05, 3.63) is 144 Å². The van der Waals surface area contributed by atoms with Gasteiger partial charge in [0, 0.05) is 6.54 Å². The van der Waals surface area contributed by atoms with E-state index in [-0.39, 0.29) is 17.3 Å². The van der Waals surface area contributed by atoms with Crippen LogP contribution < -0.4 is 9.62 Å². The summed E-state index contributed by atoms with van der Waals surface area (Å²) >= 11 is 0. The Balaban J connectivity index is 1.51. The van der Waals surface area contributed by atoms with Crippen molar-refractivity contribution < 1.29 is 13.2 Å². The molecule has 0 spiro atoms. The van der Waals surface area contributed by atoms with E-state index >= 15 is 0 Å². The summed E-state index contributed by atoms with van der Waals surface area (Å²) in [5, 5.41) is 5.17. The molecule has 5 rings (SSSR count). The molecular weight excluding hydrogens is 492 g/mol. The highest BCUT2D eigenvalue weighted by Crippen LogP contribution is 2.30. The van der Waals surface area contributed by atoms with Crippen molar-refractivity contribution in [1.82, 2.24) is 5.32 Å². The molecule has 5 nitrogen and oxygen atoms in total. The smallest absolute Gasteiger partial charge is 0.264 e. The zero-order valence-corrected chi connectivity index (χ0v) is 21.9. The van der Waals surface area contributed by atoms with Crippen molar-refractivity contribution in [2.24, 2.45) is 0 Å². The van der Waals surface area contributed by atoms with Gasteiger partial charge in [-0.3, -0.25) is 9.10 Å². The summed E-state index contributed by atoms with van der Waals surface area (Å²) in [4.78, 5) is 13.7. The van der Waals surface area contributed by atoms with E-state index in [1.165, 1.54) is 4.31 Å². The van der Waals surface area contributed by atoms with E-state index in [4.69, 9.17) is 0 Å². The number of hydrogen-bond acceptors (Lipinski definition) is 3. The van der Waals surface area contributed by atoms with Gasteiger partial charge in [-0.05, 0) is 53.1 Å². The van der Waals surface area contributed by atoms with E-state index < -0.39 is 10.0 Å². The molecule has 0 heterocycles. The summed E-state index contributed by atoms with van der Waals surface area (Å²) in [5.74, 6) is -0.342. The summed E-state index contributed by atoms with van der Waals surface area (Å²) in [6.45, 7) is 2.32. The van der Waals surface area contributed by atoms with Crippen LogP contribution in [-0.4, -0.2) is 14.3 Å². The maximum atomic E-state index is 13.9. The van der Waals surface area contributed by atoms with E-state index in [0.29, 0.717) is 17.8 Å². The Morgan fingerprint density at radius 3 is 2.18 bits per heavy atom. The fourth-order valence-corrected chi connectivity index (χ4v) is 5.96. The Labute approximate surface area is 223 Å². The van der Waals surface area contributed by atoms with Crippen LogP contribution in [0.4, 0.5) is 5.69 Å². The first-order valence-corrected chi connectivity index (χ1v) is 13.8. The number of sulfonamides is 1. The second kappa shape index (κ2) is 10.9. The van der Waals surface area contributed by atoms with Crippen LogP contribution in [0.5, 0.6) is 0 Å². The fraction of sp³-hybridized carbons (Fsp3) is 0.0938. The molecule has 0 saturated heterocycles. The topological polar surface area (TPSA) is 66.5 Å². The predicted molar refractivity (Wildman–Crippen MR) is 153 cm³/mol. The number of benzene rings is 5. The Morgan fingerprint density at radius 1 is 0.737 bits per heavy atom. The molecule has 0 aromatic heterocycles. The number of fused-ring (bicyclic) bond motifs is 1. The minimum absolute atomic E-state index is 0.0880. The summed E-state index contributed by atoms with van der Waals surface area (Å²) in [6, 6.07) is 37.0. The highest BCUT2D eigenvalue weighted by atomic mass is 32.2. The van der Waals surface area contributed by atoms with Gasteiger partial charge < -0.3 is 5.32 Å². The first kappa shape index (κ1) is 25.2. The fourth-order valence-electron chi connectivity index (χ4n) is 4.49. The van der Waals surface area contributed by atoms with Crippen molar-refractivity contribution in [2.45, 2.75) is 24.9 Å². The molecule has 1 amide bonds. The van der Waals surface area contributed by atoms with Crippen LogP contribution >= 0.6 is 0 Å². The van der Waals surface area contributed by atoms with Crippen molar-refractivity contribution in [3.8, 4) is 0 Å². The second-order valence-corrected chi connectivity index (χ2v) is 11.0. The minimum Gasteiger partial charge on any atom is -0.348 e. The van der Waals surface area contributed by atoms with Gasteiger partial charge in [-0.2, -0.15) is 0 Å². The molecule has 6 heteroatoms. The van der Waals surface area contributed by atoms with E-state index in [2.05, 4.69) is 5.32 Å². The van der Waals surface area contributed by atoms with Gasteiger partial charge in [-0.15, -0.1) is 0 Å². The predicted octanol–water partition coefficient (Wildman–Crippen LogP) is 6.47. The van der Waals surface area contributed by atoms with Crippen molar-refractivity contribution in [1.29, 1.82) is 0 Å². The molecule has 0 aliphatic heterocycles. The largest absolute Gasteiger partial charge is 0.348 e. The number of carbonyl (C=O) groups is 1. The van der Waals surface area contributed by atoms with Gasteiger partial charge in [-0.1, -0.05) is 103 Å². The third-order valence-electron chi connectivity index (χ3n) is 6.51. The van der Waals surface area contributed by atoms with Gasteiger partial charge >= 0.3 is 0 Å². The van der Waals surface area contributed by atoms with Crippen LogP contribution in [-0.2, 0) is 23.1 Å². The number of carbonyl (C=O) groups excluding carboxylic acids is 1. The monoisotopic (exact) mass is 520 g/mol. The number of rotatable bonds is 8. The van der Waals surface area contributed by atoms with Crippen LogP contribution in [0.25, 0.3) is 10.8 Å². The molecule has 0 bridgehead atoms. The second-order valence-electron chi connectivity index (χ2n) is 9.15. The van der Waals surface area contributed by atoms with Crippen LogP contribution in [0.2, 0.25) is 0 Å². The molecule has 5 aromatic carbocycles. The number of anilines is 1. The average molecular weight is 521 g/mol. The molecule has 1 N–H and O–H groups in total. The number of nitrogens with one attached hydrogen (secondary N) is 1. The normalized spacial score (nSPS) is 11.3. The van der Waals surface area contributed by atoms with Gasteiger partial charge in [0.1, 0.15) is 0 Å². The summed E-state index contributed by atoms with van der Waals surface area (Å²) < 4.78 is 29.2. The number of para-hydroxylation sites is 1. The highest BCUT2D eigenvalue weighted by molar-refractivity contribution is 7.92. The molecule has 0 radical (unpaired) electrons. The van der Waals surface area contributed by atoms with Crippen molar-refractivity contribution >= 4 is 32.4 Å². The molecule has 0 unspecified atom stereocenters. The van der Waals surface area contributed by atoms with Gasteiger partial charge in [0.05, 0.1) is 22.7 Å². The van der Waals surface area contributed by atoms with Gasteiger partial charge in [-0.25, -0.2) is 8.42 Å². The summed E-state index contributed by atoms with van der Waals surface area (Å²) in [6.07, 6.45) is 0. The third-order valence-corrected chi connectivity index (χ3v) is 8.29. The Morgan fingerprint density at radius 2 is 1.39 bits per heavy atom. The number of nitrogens with zero attached hydrogens (tertiary/aromatic N) is 1. The molecule has 38 heavy (non-hydrogen) atoms. The van der Waals surface area contributed by atoms with Gasteiger partial charge in [0.15, 0.2) is 0 Å². The van der Waals surface area contributed by atoms with Crippen LogP contribution in [0, 0.1) is 6.92 Å². The first-order chi connectivity index (χ1) is 18.4.